The molecule has 9 nitrogen and oxygen atoms in total. The van der Waals surface area contributed by atoms with Gasteiger partial charge in [-0.3, -0.25) is 4.55 Å². The fraction of sp³-hybridized carbons (Fsp3) is 0.441. The molecule has 0 fully saturated rings. The number of allylic oxidation sites excluding steroid dienone is 5. The Morgan fingerprint density at radius 2 is 1.39 bits per heavy atom. The summed E-state index contributed by atoms with van der Waals surface area (Å²) < 4.78 is 68.1. The largest absolute Gasteiger partial charge is 1.00 e. The first-order valence-electron chi connectivity index (χ1n) is 15.5. The van der Waals surface area contributed by atoms with Gasteiger partial charge in [0, 0.05) is 49.2 Å². The number of nitrogens with zero attached hydrogens (tertiary/aromatic N) is 3. The van der Waals surface area contributed by atoms with Crippen molar-refractivity contribution in [1.82, 2.24) is 0 Å². The second-order valence-corrected chi connectivity index (χ2v) is 14.3. The summed E-state index contributed by atoms with van der Waals surface area (Å²) in [5.41, 5.74) is 10.0. The van der Waals surface area contributed by atoms with E-state index in [4.69, 9.17) is 0 Å². The first kappa shape index (κ1) is 39.9. The number of rotatable bonds is 14. The average Bonchev–Trinajstić information content (AvgIpc) is 2.97. The summed E-state index contributed by atoms with van der Waals surface area (Å²) in [6.45, 7) is 17.5. The van der Waals surface area contributed by atoms with Crippen molar-refractivity contribution in [3.05, 3.63) is 88.0 Å². The Kier molecular flexibility index (Phi) is 15.0. The SMILES string of the molecule is CCN(CC)c1ccc(C(=C2C=C(C)C(=[N+](CC)CCS(=O)(=O)[O-])C=C2C)c2ccc(N(CC)CCS(=O)(=O)O)cc2C)cc1.[Na+]. The van der Waals surface area contributed by atoms with Crippen LogP contribution in [0, 0.1) is 6.92 Å². The summed E-state index contributed by atoms with van der Waals surface area (Å²) in [5, 5.41) is 0. The van der Waals surface area contributed by atoms with Crippen LogP contribution < -0.4 is 39.4 Å². The van der Waals surface area contributed by atoms with E-state index in [1.165, 1.54) is 0 Å². The topological polar surface area (TPSA) is 121 Å². The van der Waals surface area contributed by atoms with Crippen molar-refractivity contribution < 1.29 is 60.1 Å². The summed E-state index contributed by atoms with van der Waals surface area (Å²) in [7, 11) is -8.42. The quantitative estimate of drug-likeness (QED) is 0.183. The number of hydrogen-bond acceptors (Lipinski definition) is 7. The molecule has 2 aromatic carbocycles. The summed E-state index contributed by atoms with van der Waals surface area (Å²) in [4.78, 5) is 4.22. The van der Waals surface area contributed by atoms with Crippen LogP contribution >= 0.6 is 0 Å². The Balaban J connectivity index is 0.00000736. The molecule has 0 radical (unpaired) electrons. The van der Waals surface area contributed by atoms with Gasteiger partial charge in [-0.1, -0.05) is 18.2 Å². The molecule has 0 spiro atoms. The molecule has 0 amide bonds. The third kappa shape index (κ3) is 10.6. The molecule has 246 valence electrons. The van der Waals surface area contributed by atoms with E-state index in [0.29, 0.717) is 13.1 Å². The molecule has 0 bridgehead atoms. The maximum absolute atomic E-state index is 11.4. The van der Waals surface area contributed by atoms with Crippen molar-refractivity contribution in [2.75, 3.05) is 60.6 Å². The molecular formula is C34H47N3NaO6S2+. The molecule has 1 N–H and O–H groups in total. The molecule has 0 saturated heterocycles. The molecule has 2 aromatic rings. The van der Waals surface area contributed by atoms with Crippen LogP contribution in [0.1, 0.15) is 58.2 Å². The zero-order chi connectivity index (χ0) is 33.5. The molecule has 0 aliphatic heterocycles. The third-order valence-corrected chi connectivity index (χ3v) is 9.66. The van der Waals surface area contributed by atoms with Crippen LogP contribution in [0.4, 0.5) is 11.4 Å². The van der Waals surface area contributed by atoms with E-state index >= 15 is 0 Å². The van der Waals surface area contributed by atoms with E-state index in [-0.39, 0.29) is 48.4 Å². The first-order chi connectivity index (χ1) is 21.1. The smallest absolute Gasteiger partial charge is 0.748 e. The minimum Gasteiger partial charge on any atom is -0.748 e. The average molecular weight is 681 g/mol. The minimum absolute atomic E-state index is 0. The summed E-state index contributed by atoms with van der Waals surface area (Å²) in [5.74, 6) is -0.805. The molecule has 0 saturated carbocycles. The van der Waals surface area contributed by atoms with Gasteiger partial charge in [0.05, 0.1) is 11.5 Å². The Hall–Kier alpha value is -2.25. The van der Waals surface area contributed by atoms with Crippen molar-refractivity contribution in [1.29, 1.82) is 0 Å². The fourth-order valence-electron chi connectivity index (χ4n) is 5.79. The van der Waals surface area contributed by atoms with E-state index < -0.39 is 26.0 Å². The van der Waals surface area contributed by atoms with Gasteiger partial charge in [0.25, 0.3) is 10.1 Å². The standard InChI is InChI=1S/C34H47N3O6S2.Na/c1-8-35(9-2)29-14-12-28(13-15-29)34(31-17-16-30(22-25(31)5)36(10-3)18-20-44(38,39)40)32-23-27(7)33(24-26(32)6)37(11-4)19-21-45(41,42)43;/h12-17,22-24H,8-11,18-21H2,1-7H3,(H-,38,39,40,41,42,43);/q;+1. The fourth-order valence-corrected chi connectivity index (χ4v) is 6.68. The molecule has 0 heterocycles. The first-order valence-corrected chi connectivity index (χ1v) is 18.6. The van der Waals surface area contributed by atoms with Gasteiger partial charge >= 0.3 is 29.6 Å². The van der Waals surface area contributed by atoms with Crippen LogP contribution in [0.5, 0.6) is 0 Å². The van der Waals surface area contributed by atoms with E-state index in [1.54, 1.807) is 0 Å². The van der Waals surface area contributed by atoms with Crippen molar-refractivity contribution in [3.8, 4) is 0 Å². The maximum atomic E-state index is 11.4. The second kappa shape index (κ2) is 17.2. The van der Waals surface area contributed by atoms with Crippen molar-refractivity contribution >= 4 is 42.9 Å². The molecular weight excluding hydrogens is 634 g/mol. The van der Waals surface area contributed by atoms with Gasteiger partial charge in [0.2, 0.25) is 5.71 Å². The predicted octanol–water partition coefficient (Wildman–Crippen LogP) is 2.29. The van der Waals surface area contributed by atoms with Gasteiger partial charge in [-0.15, -0.1) is 0 Å². The molecule has 0 unspecified atom stereocenters. The van der Waals surface area contributed by atoms with Gasteiger partial charge < -0.3 is 14.4 Å². The van der Waals surface area contributed by atoms with Crippen molar-refractivity contribution in [3.63, 3.8) is 0 Å². The predicted molar refractivity (Wildman–Crippen MR) is 184 cm³/mol. The molecule has 0 aromatic heterocycles. The van der Waals surface area contributed by atoms with E-state index in [0.717, 1.165) is 69.2 Å². The molecule has 3 rings (SSSR count). The maximum Gasteiger partial charge on any atom is 1.00 e. The van der Waals surface area contributed by atoms with E-state index in [9.17, 15) is 25.9 Å². The van der Waals surface area contributed by atoms with Crippen LogP contribution in [0.3, 0.4) is 0 Å². The van der Waals surface area contributed by atoms with Gasteiger partial charge in [0.1, 0.15) is 16.7 Å². The molecule has 0 atom stereocenters. The molecule has 1 aliphatic rings. The number of hydrogen-bond donors (Lipinski definition) is 1. The van der Waals surface area contributed by atoms with Gasteiger partial charge in [-0.2, -0.15) is 8.42 Å². The van der Waals surface area contributed by atoms with Crippen molar-refractivity contribution in [2.24, 2.45) is 0 Å². The van der Waals surface area contributed by atoms with Crippen LogP contribution in [0.2, 0.25) is 0 Å². The number of anilines is 2. The third-order valence-electron chi connectivity index (χ3n) is 8.28. The second-order valence-electron chi connectivity index (χ2n) is 11.3. The number of aryl methyl sites for hydroxylation is 1. The van der Waals surface area contributed by atoms with Crippen LogP contribution in [0.25, 0.3) is 5.57 Å². The Labute approximate surface area is 298 Å². The van der Waals surface area contributed by atoms with Crippen LogP contribution in [-0.4, -0.2) is 87.0 Å². The Morgan fingerprint density at radius 1 is 0.804 bits per heavy atom. The van der Waals surface area contributed by atoms with Crippen LogP contribution in [-0.2, 0) is 20.2 Å². The molecule has 46 heavy (non-hydrogen) atoms. The Bertz CT molecular complexity index is 1720. The minimum atomic E-state index is -4.34. The van der Waals surface area contributed by atoms with Gasteiger partial charge in [0.15, 0.2) is 6.54 Å². The molecule has 1 aliphatic carbocycles. The van der Waals surface area contributed by atoms with Gasteiger partial charge in [-0.05, 0) is 112 Å². The Morgan fingerprint density at radius 3 is 1.89 bits per heavy atom. The summed E-state index contributed by atoms with van der Waals surface area (Å²) in [6, 6.07) is 14.7. The van der Waals surface area contributed by atoms with Crippen molar-refractivity contribution in [2.45, 2.75) is 48.5 Å². The normalized spacial score (nSPS) is 15.8. The zero-order valence-electron chi connectivity index (χ0n) is 28.5. The van der Waals surface area contributed by atoms with Crippen LogP contribution in [0.15, 0.2) is 71.3 Å². The zero-order valence-corrected chi connectivity index (χ0v) is 32.1. The monoisotopic (exact) mass is 680 g/mol. The summed E-state index contributed by atoms with van der Waals surface area (Å²) in [6.07, 6.45) is 4.19. The summed E-state index contributed by atoms with van der Waals surface area (Å²) >= 11 is 0. The van der Waals surface area contributed by atoms with Gasteiger partial charge in [-0.25, -0.2) is 13.0 Å². The number of benzene rings is 2. The van der Waals surface area contributed by atoms with E-state index in [1.807, 2.05) is 56.2 Å². The molecule has 12 heteroatoms. The van der Waals surface area contributed by atoms with E-state index in [2.05, 4.69) is 61.2 Å².